The summed E-state index contributed by atoms with van der Waals surface area (Å²) in [6, 6.07) is 8.64. The fourth-order valence-corrected chi connectivity index (χ4v) is 2.19. The molecule has 17 heavy (non-hydrogen) atoms. The first-order valence-corrected chi connectivity index (χ1v) is 6.25. The van der Waals surface area contributed by atoms with Crippen LogP contribution in [0.2, 0.25) is 0 Å². The van der Waals surface area contributed by atoms with E-state index in [1.807, 2.05) is 0 Å². The van der Waals surface area contributed by atoms with Gasteiger partial charge in [0.05, 0.1) is 5.71 Å². The molecule has 2 nitrogen and oxygen atoms in total. The maximum absolute atomic E-state index is 5.20. The maximum Gasteiger partial charge on any atom is 0.135 e. The van der Waals surface area contributed by atoms with E-state index >= 15 is 0 Å². The number of aryl methyl sites for hydroxylation is 1. The van der Waals surface area contributed by atoms with Gasteiger partial charge in [-0.2, -0.15) is 0 Å². The van der Waals surface area contributed by atoms with Gasteiger partial charge in [-0.15, -0.1) is 0 Å². The summed E-state index contributed by atoms with van der Waals surface area (Å²) in [6.45, 7) is 4.11. The second-order valence-corrected chi connectivity index (χ2v) is 4.39. The molecule has 0 fully saturated rings. The van der Waals surface area contributed by atoms with Crippen molar-refractivity contribution in [3.63, 3.8) is 0 Å². The Morgan fingerprint density at radius 3 is 2.76 bits per heavy atom. The zero-order valence-electron chi connectivity index (χ0n) is 10.2. The lowest BCUT2D eigenvalue weighted by Crippen LogP contribution is -2.10. The van der Waals surface area contributed by atoms with Crippen LogP contribution in [0.25, 0.3) is 0 Å². The average Bonchev–Trinajstić information content (AvgIpc) is 2.32. The predicted molar refractivity (Wildman–Crippen MR) is 71.3 cm³/mol. The minimum Gasteiger partial charge on any atom is -0.392 e. The summed E-state index contributed by atoms with van der Waals surface area (Å²) in [7, 11) is 0. The van der Waals surface area contributed by atoms with Crippen LogP contribution in [0.3, 0.4) is 0 Å². The van der Waals surface area contributed by atoms with Gasteiger partial charge >= 0.3 is 0 Å². The molecule has 0 atom stereocenters. The van der Waals surface area contributed by atoms with Crippen molar-refractivity contribution in [1.82, 2.24) is 0 Å². The van der Waals surface area contributed by atoms with Gasteiger partial charge < -0.3 is 4.84 Å². The third-order valence-electron chi connectivity index (χ3n) is 3.06. The van der Waals surface area contributed by atoms with E-state index in [2.05, 4.69) is 36.0 Å². The second-order valence-electron chi connectivity index (χ2n) is 4.39. The van der Waals surface area contributed by atoms with Crippen LogP contribution in [-0.2, 0) is 17.7 Å². The van der Waals surface area contributed by atoms with Gasteiger partial charge in [-0.1, -0.05) is 42.1 Å². The Kier molecular flexibility index (Phi) is 4.37. The lowest BCUT2D eigenvalue weighted by molar-refractivity contribution is 0.173. The fourth-order valence-electron chi connectivity index (χ4n) is 2.19. The van der Waals surface area contributed by atoms with E-state index in [1.165, 1.54) is 30.4 Å². The Bertz CT molecular complexity index is 409. The number of oxime groups is 1. The van der Waals surface area contributed by atoms with Crippen LogP contribution in [0.4, 0.5) is 0 Å². The quantitative estimate of drug-likeness (QED) is 0.441. The predicted octanol–water partition coefficient (Wildman–Crippen LogP) is 3.51. The van der Waals surface area contributed by atoms with E-state index in [0.717, 1.165) is 18.6 Å². The highest BCUT2D eigenvalue weighted by Gasteiger charge is 2.10. The summed E-state index contributed by atoms with van der Waals surface area (Å²) in [4.78, 5) is 5.20. The van der Waals surface area contributed by atoms with E-state index in [0.29, 0.717) is 6.61 Å². The molecule has 1 aromatic rings. The summed E-state index contributed by atoms with van der Waals surface area (Å²) in [5.41, 5.74) is 4.01. The zero-order chi connectivity index (χ0) is 11.9. The van der Waals surface area contributed by atoms with E-state index in [4.69, 9.17) is 4.84 Å². The van der Waals surface area contributed by atoms with Crippen LogP contribution in [0, 0.1) is 0 Å². The number of rotatable bonds is 3. The molecule has 0 saturated heterocycles. The molecule has 0 radical (unpaired) electrons. The molecule has 1 aromatic carbocycles. The van der Waals surface area contributed by atoms with E-state index in [9.17, 15) is 0 Å². The molecule has 0 aromatic heterocycles. The van der Waals surface area contributed by atoms with E-state index < -0.39 is 0 Å². The van der Waals surface area contributed by atoms with Gasteiger partial charge in [0, 0.05) is 6.42 Å². The normalized spacial score (nSPS) is 18.0. The van der Waals surface area contributed by atoms with Gasteiger partial charge in [0.2, 0.25) is 0 Å². The molecule has 90 valence electrons. The highest BCUT2D eigenvalue weighted by atomic mass is 16.6. The second kappa shape index (κ2) is 6.24. The van der Waals surface area contributed by atoms with E-state index in [-0.39, 0.29) is 0 Å². The van der Waals surface area contributed by atoms with Gasteiger partial charge in [0.25, 0.3) is 0 Å². The van der Waals surface area contributed by atoms with Crippen LogP contribution < -0.4 is 0 Å². The Hall–Kier alpha value is -1.57. The van der Waals surface area contributed by atoms with Gasteiger partial charge in [-0.25, -0.2) is 0 Å². The number of hydrogen-bond donors (Lipinski definition) is 0. The third kappa shape index (κ3) is 3.45. The van der Waals surface area contributed by atoms with Crippen LogP contribution in [0.5, 0.6) is 0 Å². The lowest BCUT2D eigenvalue weighted by atomic mass is 9.92. The first kappa shape index (κ1) is 11.9. The zero-order valence-corrected chi connectivity index (χ0v) is 10.2. The van der Waals surface area contributed by atoms with Crippen molar-refractivity contribution in [3.8, 4) is 0 Å². The van der Waals surface area contributed by atoms with Gasteiger partial charge in [-0.3, -0.25) is 0 Å². The molecule has 1 aliphatic rings. The summed E-state index contributed by atoms with van der Waals surface area (Å²) in [5.74, 6) is 0. The highest BCUT2D eigenvalue weighted by Crippen LogP contribution is 2.18. The van der Waals surface area contributed by atoms with Crippen molar-refractivity contribution >= 4 is 5.71 Å². The average molecular weight is 229 g/mol. The van der Waals surface area contributed by atoms with Crippen LogP contribution in [0.15, 0.2) is 42.1 Å². The molecule has 0 heterocycles. The first-order chi connectivity index (χ1) is 8.40. The van der Waals surface area contributed by atoms with Crippen LogP contribution in [-0.4, -0.2) is 12.3 Å². The summed E-state index contributed by atoms with van der Waals surface area (Å²) < 4.78 is 0. The third-order valence-corrected chi connectivity index (χ3v) is 3.06. The Morgan fingerprint density at radius 2 is 1.94 bits per heavy atom. The van der Waals surface area contributed by atoms with Crippen molar-refractivity contribution in [2.45, 2.75) is 32.1 Å². The number of hydrogen-bond acceptors (Lipinski definition) is 2. The topological polar surface area (TPSA) is 21.6 Å². The van der Waals surface area contributed by atoms with E-state index in [1.54, 1.807) is 6.08 Å². The van der Waals surface area contributed by atoms with Crippen molar-refractivity contribution < 1.29 is 4.84 Å². The number of benzene rings is 1. The van der Waals surface area contributed by atoms with Gasteiger partial charge in [-0.05, 0) is 36.8 Å². The van der Waals surface area contributed by atoms with Crippen LogP contribution in [0.1, 0.15) is 30.4 Å². The van der Waals surface area contributed by atoms with Crippen molar-refractivity contribution in [2.75, 3.05) is 6.61 Å². The molecule has 2 rings (SSSR count). The Balaban J connectivity index is 2.12. The standard InChI is InChI=1S/C15H19NO/c1-2-11-17-16-15-10-6-5-8-13-7-3-4-9-14(13)12-15/h2-4,7,9H,1,5-6,8,10-12H2/b16-15+. The number of fused-ring (bicyclic) bond motifs is 1. The fraction of sp³-hybridized carbons (Fsp3) is 0.400. The molecular formula is C15H19NO. The maximum atomic E-state index is 5.20. The molecule has 0 unspecified atom stereocenters. The van der Waals surface area contributed by atoms with Crippen molar-refractivity contribution in [2.24, 2.45) is 5.16 Å². The smallest absolute Gasteiger partial charge is 0.135 e. The largest absolute Gasteiger partial charge is 0.392 e. The molecule has 1 aliphatic carbocycles. The monoisotopic (exact) mass is 229 g/mol. The van der Waals surface area contributed by atoms with Crippen molar-refractivity contribution in [3.05, 3.63) is 48.0 Å². The molecular weight excluding hydrogens is 210 g/mol. The highest BCUT2D eigenvalue weighted by molar-refractivity contribution is 5.86. The summed E-state index contributed by atoms with van der Waals surface area (Å²) in [5, 5.41) is 4.22. The minimum atomic E-state index is 0.491. The Morgan fingerprint density at radius 1 is 1.18 bits per heavy atom. The molecule has 0 saturated carbocycles. The SMILES string of the molecule is C=CCO/N=C1\CCCCc2ccccc2C1. The molecule has 0 bridgehead atoms. The van der Waals surface area contributed by atoms with Gasteiger partial charge in [0.15, 0.2) is 0 Å². The molecule has 2 heteroatoms. The molecule has 0 aliphatic heterocycles. The van der Waals surface area contributed by atoms with Gasteiger partial charge in [0.1, 0.15) is 6.61 Å². The number of nitrogens with zero attached hydrogens (tertiary/aromatic N) is 1. The van der Waals surface area contributed by atoms with Crippen LogP contribution >= 0.6 is 0 Å². The Labute approximate surface area is 103 Å². The molecule has 0 spiro atoms. The molecule has 0 N–H and O–H groups in total. The summed E-state index contributed by atoms with van der Waals surface area (Å²) >= 11 is 0. The molecule has 0 amide bonds. The van der Waals surface area contributed by atoms with Crippen molar-refractivity contribution in [1.29, 1.82) is 0 Å². The lowest BCUT2D eigenvalue weighted by Gasteiger charge is -2.14. The summed E-state index contributed by atoms with van der Waals surface area (Å²) in [6.07, 6.45) is 7.32. The minimum absolute atomic E-state index is 0.491. The first-order valence-electron chi connectivity index (χ1n) is 6.25.